The first kappa shape index (κ1) is 10.2. The number of allylic oxidation sites excluding steroid dienone is 2. The molecule has 82 valence electrons. The Morgan fingerprint density at radius 1 is 1.13 bits per heavy atom. The quantitative estimate of drug-likeness (QED) is 0.646. The van der Waals surface area contributed by atoms with Crippen LogP contribution in [0.4, 0.5) is 0 Å². The summed E-state index contributed by atoms with van der Waals surface area (Å²) in [6, 6.07) is 0. The first-order chi connectivity index (χ1) is 7.20. The summed E-state index contributed by atoms with van der Waals surface area (Å²) < 4.78 is 0. The summed E-state index contributed by atoms with van der Waals surface area (Å²) in [6.07, 6.45) is 5.19. The molecule has 0 aromatic carbocycles. The number of carbonyl (C=O) groups excluding carboxylic acids is 1. The minimum atomic E-state index is -0.305. The molecule has 1 fully saturated rings. The Labute approximate surface area is 99.8 Å². The third-order valence-electron chi connectivity index (χ3n) is 4.32. The van der Waals surface area contributed by atoms with Gasteiger partial charge in [-0.05, 0) is 43.1 Å². The van der Waals surface area contributed by atoms with E-state index < -0.39 is 0 Å². The second kappa shape index (κ2) is 3.49. The van der Waals surface area contributed by atoms with Gasteiger partial charge in [-0.1, -0.05) is 5.57 Å². The molecule has 0 saturated heterocycles. The largest absolute Gasteiger partial charge is 0.295 e. The Bertz CT molecular complexity index is 346. The smallest absolute Gasteiger partial charge is 0.159 e. The van der Waals surface area contributed by atoms with E-state index in [-0.39, 0.29) is 4.84 Å². The Hall–Kier alpha value is -0.0100. The number of Topliss-reactive ketones (excluding diaryl/α,β-unsaturated/α-hetero) is 1. The fourth-order valence-electron chi connectivity index (χ4n) is 3.84. The lowest BCUT2D eigenvalue weighted by molar-refractivity contribution is -0.116. The average Bonchev–Trinajstić information content (AvgIpc) is 2.73. The number of halogens is 2. The first-order valence-electron chi connectivity index (χ1n) is 5.74. The van der Waals surface area contributed by atoms with Crippen LogP contribution < -0.4 is 0 Å². The van der Waals surface area contributed by atoms with Gasteiger partial charge in [0, 0.05) is 12.3 Å². The van der Waals surface area contributed by atoms with Crippen molar-refractivity contribution < 1.29 is 4.79 Å². The highest BCUT2D eigenvalue weighted by atomic mass is 35.5. The second-order valence-corrected chi connectivity index (χ2v) is 6.08. The fraction of sp³-hybridized carbons (Fsp3) is 0.750. The molecule has 0 spiro atoms. The number of fused-ring (bicyclic) bond motifs is 4. The van der Waals surface area contributed by atoms with E-state index in [0.29, 0.717) is 23.5 Å². The molecule has 1 unspecified atom stereocenters. The Morgan fingerprint density at radius 2 is 1.87 bits per heavy atom. The van der Waals surface area contributed by atoms with Crippen LogP contribution >= 0.6 is 23.2 Å². The van der Waals surface area contributed by atoms with Crippen molar-refractivity contribution in [3.8, 4) is 0 Å². The van der Waals surface area contributed by atoms with Gasteiger partial charge in [-0.3, -0.25) is 4.79 Å². The molecular formula is C12H14Cl2O. The zero-order valence-electron chi connectivity index (χ0n) is 8.51. The molecule has 1 saturated carbocycles. The van der Waals surface area contributed by atoms with Crippen molar-refractivity contribution in [1.29, 1.82) is 0 Å². The van der Waals surface area contributed by atoms with Crippen molar-refractivity contribution in [1.82, 2.24) is 0 Å². The first-order valence-corrected chi connectivity index (χ1v) is 6.61. The van der Waals surface area contributed by atoms with Crippen LogP contribution in [0.25, 0.3) is 0 Å². The molecule has 0 aromatic heterocycles. The molecule has 0 aliphatic heterocycles. The van der Waals surface area contributed by atoms with Gasteiger partial charge in [0.05, 0.1) is 0 Å². The third kappa shape index (κ3) is 1.32. The Morgan fingerprint density at radius 3 is 2.53 bits per heavy atom. The summed E-state index contributed by atoms with van der Waals surface area (Å²) in [5, 5.41) is 0. The van der Waals surface area contributed by atoms with Crippen molar-refractivity contribution >= 4 is 29.0 Å². The standard InChI is InChI=1S/C12H14Cl2O/c13-12(14)11-7-4-5-8(11)10-6(7)2-1-3-9(10)15/h7-8,11-12H,1-5H2/t7-,8+,11?/m0/s1. The molecule has 0 aromatic rings. The number of rotatable bonds is 1. The van der Waals surface area contributed by atoms with Crippen LogP contribution in [0.15, 0.2) is 11.1 Å². The van der Waals surface area contributed by atoms with Gasteiger partial charge in [0.2, 0.25) is 0 Å². The number of alkyl halides is 2. The van der Waals surface area contributed by atoms with Crippen LogP contribution in [0, 0.1) is 17.8 Å². The zero-order valence-corrected chi connectivity index (χ0v) is 10.0. The van der Waals surface area contributed by atoms with Crippen molar-refractivity contribution in [3.05, 3.63) is 11.1 Å². The average molecular weight is 245 g/mol. The predicted octanol–water partition coefficient (Wildman–Crippen LogP) is 3.50. The van der Waals surface area contributed by atoms with Gasteiger partial charge in [0.15, 0.2) is 5.78 Å². The molecule has 0 amide bonds. The van der Waals surface area contributed by atoms with Crippen molar-refractivity contribution in [2.75, 3.05) is 0 Å². The normalized spacial score (nSPS) is 39.1. The molecule has 3 atom stereocenters. The van der Waals surface area contributed by atoms with Gasteiger partial charge >= 0.3 is 0 Å². The van der Waals surface area contributed by atoms with Crippen molar-refractivity contribution in [2.24, 2.45) is 17.8 Å². The van der Waals surface area contributed by atoms with Crippen molar-refractivity contribution in [2.45, 2.75) is 36.9 Å². The SMILES string of the molecule is O=C1CCCC2=C1[C@H]1CC[C@@H]2C1C(Cl)Cl. The molecule has 1 nitrogen and oxygen atoms in total. The minimum absolute atomic E-state index is 0.305. The monoisotopic (exact) mass is 244 g/mol. The summed E-state index contributed by atoms with van der Waals surface area (Å²) in [4.78, 5) is 11.6. The number of ketones is 1. The van der Waals surface area contributed by atoms with Crippen LogP contribution in [0.3, 0.4) is 0 Å². The number of hydrogen-bond donors (Lipinski definition) is 0. The topological polar surface area (TPSA) is 17.1 Å². The highest BCUT2D eigenvalue weighted by Gasteiger charge is 2.51. The van der Waals surface area contributed by atoms with Crippen LogP contribution in [-0.4, -0.2) is 10.6 Å². The maximum atomic E-state index is 11.9. The highest BCUT2D eigenvalue weighted by Crippen LogP contribution is 2.58. The molecule has 3 rings (SSSR count). The van der Waals surface area contributed by atoms with E-state index >= 15 is 0 Å². The number of hydrogen-bond acceptors (Lipinski definition) is 1. The molecular weight excluding hydrogens is 231 g/mol. The Kier molecular flexibility index (Phi) is 2.37. The van der Waals surface area contributed by atoms with E-state index in [2.05, 4.69) is 0 Å². The van der Waals surface area contributed by atoms with E-state index in [4.69, 9.17) is 23.2 Å². The summed E-state index contributed by atoms with van der Waals surface area (Å²) in [6.45, 7) is 0. The Balaban J connectivity index is 2.00. The molecule has 0 N–H and O–H groups in total. The predicted molar refractivity (Wildman–Crippen MR) is 61.1 cm³/mol. The van der Waals surface area contributed by atoms with Crippen LogP contribution in [0.5, 0.6) is 0 Å². The van der Waals surface area contributed by atoms with Crippen LogP contribution in [-0.2, 0) is 4.79 Å². The van der Waals surface area contributed by atoms with Gasteiger partial charge in [-0.2, -0.15) is 0 Å². The number of carbonyl (C=O) groups is 1. The maximum absolute atomic E-state index is 11.9. The lowest BCUT2D eigenvalue weighted by Crippen LogP contribution is -2.19. The summed E-state index contributed by atoms with van der Waals surface area (Å²) >= 11 is 12.1. The van der Waals surface area contributed by atoms with E-state index in [1.807, 2.05) is 0 Å². The van der Waals surface area contributed by atoms with E-state index in [0.717, 1.165) is 31.3 Å². The van der Waals surface area contributed by atoms with Gasteiger partial charge in [-0.25, -0.2) is 0 Å². The van der Waals surface area contributed by atoms with Gasteiger partial charge in [-0.15, -0.1) is 23.2 Å². The van der Waals surface area contributed by atoms with Crippen molar-refractivity contribution in [3.63, 3.8) is 0 Å². The van der Waals surface area contributed by atoms with E-state index in [9.17, 15) is 4.79 Å². The minimum Gasteiger partial charge on any atom is -0.295 e. The molecule has 0 radical (unpaired) electrons. The van der Waals surface area contributed by atoms with Crippen LogP contribution in [0.1, 0.15) is 32.1 Å². The molecule has 15 heavy (non-hydrogen) atoms. The molecule has 0 heterocycles. The zero-order chi connectivity index (χ0) is 10.6. The van der Waals surface area contributed by atoms with Gasteiger partial charge in [0.1, 0.15) is 4.84 Å². The summed E-state index contributed by atoms with van der Waals surface area (Å²) in [7, 11) is 0. The summed E-state index contributed by atoms with van der Waals surface area (Å²) in [5.41, 5.74) is 2.55. The fourth-order valence-corrected chi connectivity index (χ4v) is 4.54. The lowest BCUT2D eigenvalue weighted by atomic mass is 9.81. The maximum Gasteiger partial charge on any atom is 0.159 e. The lowest BCUT2D eigenvalue weighted by Gasteiger charge is -2.22. The van der Waals surface area contributed by atoms with E-state index in [1.54, 1.807) is 0 Å². The van der Waals surface area contributed by atoms with Gasteiger partial charge in [0.25, 0.3) is 0 Å². The highest BCUT2D eigenvalue weighted by molar-refractivity contribution is 6.44. The molecule has 3 heteroatoms. The molecule has 2 bridgehead atoms. The molecule has 3 aliphatic carbocycles. The van der Waals surface area contributed by atoms with E-state index in [1.165, 1.54) is 12.0 Å². The summed E-state index contributed by atoms with van der Waals surface area (Å²) in [5.74, 6) is 1.62. The van der Waals surface area contributed by atoms with Gasteiger partial charge < -0.3 is 0 Å². The van der Waals surface area contributed by atoms with Crippen LogP contribution in [0.2, 0.25) is 0 Å². The third-order valence-corrected chi connectivity index (χ3v) is 4.91. The molecule has 3 aliphatic rings. The second-order valence-electron chi connectivity index (χ2n) is 4.92.